The highest BCUT2D eigenvalue weighted by molar-refractivity contribution is 5.98. The Balaban J connectivity index is 0.991. The molecule has 7 atom stereocenters. The van der Waals surface area contributed by atoms with E-state index in [-0.39, 0.29) is 49.0 Å². The zero-order chi connectivity index (χ0) is 54.0. The van der Waals surface area contributed by atoms with Gasteiger partial charge >= 0.3 is 5.97 Å². The predicted octanol–water partition coefficient (Wildman–Crippen LogP) is 7.39. The molecule has 3 fully saturated rings. The maximum Gasteiger partial charge on any atom is 0.324 e. The van der Waals surface area contributed by atoms with Crippen LogP contribution in [-0.4, -0.2) is 141 Å². The molecule has 0 radical (unpaired) electrons. The largest absolute Gasteiger partial charge is 0.508 e. The Morgan fingerprint density at radius 1 is 0.987 bits per heavy atom. The van der Waals surface area contributed by atoms with Crippen LogP contribution < -0.4 is 10.7 Å². The van der Waals surface area contributed by atoms with Gasteiger partial charge in [-0.3, -0.25) is 33.9 Å². The first-order valence-electron chi connectivity index (χ1n) is 27.3. The highest BCUT2D eigenvalue weighted by atomic mass is 16.5. The molecule has 77 heavy (non-hydrogen) atoms. The van der Waals surface area contributed by atoms with E-state index < -0.39 is 53.5 Å². The Hall–Kier alpha value is -6.92. The second kappa shape index (κ2) is 20.8. The number of aryl methyl sites for hydroxylation is 1. The maximum absolute atomic E-state index is 15.0. The van der Waals surface area contributed by atoms with Gasteiger partial charge in [0.05, 0.1) is 30.2 Å². The van der Waals surface area contributed by atoms with Gasteiger partial charge in [-0.2, -0.15) is 5.10 Å². The van der Waals surface area contributed by atoms with E-state index in [9.17, 15) is 19.5 Å². The number of carbonyl (C=O) groups is 4. The highest BCUT2D eigenvalue weighted by Crippen LogP contribution is 2.57. The van der Waals surface area contributed by atoms with Crippen molar-refractivity contribution in [1.29, 1.82) is 0 Å². The number of carbonyl (C=O) groups excluding carboxylic acids is 4. The Kier molecular flexibility index (Phi) is 14.1. The standard InChI is InChI=1S/C60H71N9O8/c1-9-67-48-18-17-37-26-44(48)49-50(55(75-8)51-45(53(49)67)27-39(28-61-51)40-29-62-69(30-40)41-31-65(6)32-41)60(4,5)33-77-59(74)46-16-13-20-68(64-46)57(72)47(24-35-22-38(37)25-42(70)23-35)63-56(71)52(34(2)3)66(7)58(73)54-43(19-21-76-54)36-14-11-10-12-15-36/h10-12,14-15,17-18,22-23,25-30,34,41,43,46-47,50,52,54-55,64,70H,9,13,16,19-21,24,31-33H2,1-8H3,(H,63,71)/t43-,46+,47+,50?,52+,54-,55+/m1/s1. The molecule has 17 nitrogen and oxygen atoms in total. The number of phenols is 1. The van der Waals surface area contributed by atoms with Crippen molar-refractivity contribution in [3.63, 3.8) is 0 Å². The molecular formula is C60H71N9O8. The Morgan fingerprint density at radius 3 is 2.52 bits per heavy atom. The van der Waals surface area contributed by atoms with Crippen LogP contribution in [0.4, 0.5) is 0 Å². The van der Waals surface area contributed by atoms with Crippen molar-refractivity contribution in [2.24, 2.45) is 11.3 Å². The van der Waals surface area contributed by atoms with Crippen molar-refractivity contribution >= 4 is 34.6 Å². The fourth-order valence-electron chi connectivity index (χ4n) is 13.0. The summed E-state index contributed by atoms with van der Waals surface area (Å²) in [6.45, 7) is 13.3. The summed E-state index contributed by atoms with van der Waals surface area (Å²) in [5.41, 5.74) is 12.3. The molecule has 3 amide bonds. The number of nitrogens with one attached hydrogen (secondary N) is 2. The molecule has 3 aromatic carbocycles. The quantitative estimate of drug-likeness (QED) is 0.116. The Bertz CT molecular complexity index is 3240. The number of aromatic hydroxyl groups is 1. The van der Waals surface area contributed by atoms with Crippen molar-refractivity contribution in [2.45, 2.75) is 115 Å². The van der Waals surface area contributed by atoms with Gasteiger partial charge in [0, 0.05) is 111 Å². The number of phenolic OH excluding ortho intramolecular Hbond substituents is 1. The van der Waals surface area contributed by atoms with Gasteiger partial charge in [-0.05, 0) is 97.3 Å². The number of nitrogens with zero attached hydrogens (tertiary/aromatic N) is 7. The van der Waals surface area contributed by atoms with Gasteiger partial charge < -0.3 is 39.0 Å². The number of cyclic esters (lactones) is 1. The molecule has 6 aromatic rings. The number of aromatic nitrogens is 4. The van der Waals surface area contributed by atoms with Crippen LogP contribution in [0.25, 0.3) is 44.4 Å². The number of fused-ring (bicyclic) bond motifs is 8. The predicted molar refractivity (Wildman–Crippen MR) is 291 cm³/mol. The maximum atomic E-state index is 15.0. The number of likely N-dealkylation sites (N-methyl/N-ethyl adjacent to an activating group) is 2. The van der Waals surface area contributed by atoms with Crippen LogP contribution in [-0.2, 0) is 46.4 Å². The van der Waals surface area contributed by atoms with Crippen molar-refractivity contribution in [1.82, 2.24) is 44.9 Å². The number of hydrogen-bond acceptors (Lipinski definition) is 12. The molecule has 0 spiro atoms. The number of hydrazine groups is 1. The molecule has 3 saturated heterocycles. The minimum absolute atomic E-state index is 0.00912. The first-order valence-corrected chi connectivity index (χ1v) is 27.3. The minimum atomic E-state index is -1.17. The van der Waals surface area contributed by atoms with E-state index in [0.29, 0.717) is 49.6 Å². The number of ether oxygens (including phenoxy) is 3. The summed E-state index contributed by atoms with van der Waals surface area (Å²) < 4.78 is 23.3. The molecule has 404 valence electrons. The van der Waals surface area contributed by atoms with Crippen LogP contribution in [0.1, 0.15) is 100 Å². The number of benzene rings is 3. The summed E-state index contributed by atoms with van der Waals surface area (Å²) in [6, 6.07) is 20.9. The second-order valence-electron chi connectivity index (χ2n) is 22.9. The zero-order valence-corrected chi connectivity index (χ0v) is 45.4. The van der Waals surface area contributed by atoms with E-state index in [0.717, 1.165) is 68.8 Å². The monoisotopic (exact) mass is 1050 g/mol. The summed E-state index contributed by atoms with van der Waals surface area (Å²) >= 11 is 0. The summed E-state index contributed by atoms with van der Waals surface area (Å²) in [4.78, 5) is 67.5. The number of hydrogen-bond donors (Lipinski definition) is 3. The van der Waals surface area contributed by atoms with Gasteiger partial charge in [0.1, 0.15) is 36.1 Å². The molecule has 4 aliphatic heterocycles. The van der Waals surface area contributed by atoms with E-state index in [2.05, 4.69) is 72.4 Å². The fourth-order valence-corrected chi connectivity index (χ4v) is 13.0. The Morgan fingerprint density at radius 2 is 1.78 bits per heavy atom. The average molecular weight is 1050 g/mol. The van der Waals surface area contributed by atoms with Crippen molar-refractivity contribution in [3.05, 3.63) is 114 Å². The molecule has 17 heteroatoms. The molecule has 0 saturated carbocycles. The van der Waals surface area contributed by atoms with E-state index >= 15 is 4.79 Å². The third-order valence-corrected chi connectivity index (χ3v) is 16.8. The number of esters is 1. The number of methoxy groups -OCH3 is 1. The lowest BCUT2D eigenvalue weighted by atomic mass is 9.67. The van der Waals surface area contributed by atoms with E-state index in [1.165, 1.54) is 9.91 Å². The lowest BCUT2D eigenvalue weighted by Gasteiger charge is -2.42. The summed E-state index contributed by atoms with van der Waals surface area (Å²) in [6.07, 6.45) is 6.18. The molecule has 3 N–H and O–H groups in total. The van der Waals surface area contributed by atoms with Crippen LogP contribution >= 0.6 is 0 Å². The van der Waals surface area contributed by atoms with Crippen LogP contribution in [0, 0.1) is 11.3 Å². The molecule has 6 bridgehead atoms. The number of rotatable bonds is 10. The Labute approximate surface area is 449 Å². The normalized spacial score (nSPS) is 24.0. The molecule has 1 aliphatic carbocycles. The van der Waals surface area contributed by atoms with E-state index in [1.807, 2.05) is 73.4 Å². The van der Waals surface area contributed by atoms with Gasteiger partial charge in [0.2, 0.25) is 5.91 Å². The van der Waals surface area contributed by atoms with Gasteiger partial charge in [-0.1, -0.05) is 70.2 Å². The summed E-state index contributed by atoms with van der Waals surface area (Å²) in [7, 11) is 5.44. The van der Waals surface area contributed by atoms with Gasteiger partial charge in [0.25, 0.3) is 11.8 Å². The van der Waals surface area contributed by atoms with Gasteiger partial charge in [0.15, 0.2) is 0 Å². The van der Waals surface area contributed by atoms with E-state index in [4.69, 9.17) is 24.3 Å². The number of amides is 3. The molecule has 7 heterocycles. The van der Waals surface area contributed by atoms with Crippen LogP contribution in [0.5, 0.6) is 5.75 Å². The molecule has 1 unspecified atom stereocenters. The van der Waals surface area contributed by atoms with Crippen LogP contribution in [0.3, 0.4) is 0 Å². The van der Waals surface area contributed by atoms with E-state index in [1.54, 1.807) is 26.3 Å². The third kappa shape index (κ3) is 9.59. The topological polar surface area (TPSA) is 186 Å². The second-order valence-corrected chi connectivity index (χ2v) is 22.9. The van der Waals surface area contributed by atoms with Crippen molar-refractivity contribution in [3.8, 4) is 39.3 Å². The zero-order valence-electron chi connectivity index (χ0n) is 45.4. The smallest absolute Gasteiger partial charge is 0.324 e. The lowest BCUT2D eigenvalue weighted by Crippen LogP contribution is -2.62. The first-order chi connectivity index (χ1) is 37.0. The number of likely N-dealkylation sites (tertiary alicyclic amines) is 1. The van der Waals surface area contributed by atoms with Crippen molar-refractivity contribution < 1.29 is 38.5 Å². The molecule has 11 rings (SSSR count). The summed E-state index contributed by atoms with van der Waals surface area (Å²) in [5.74, 6) is -2.69. The summed E-state index contributed by atoms with van der Waals surface area (Å²) in [5, 5.41) is 21.8. The SMILES string of the molecule is CCn1c2c3c4cc(ccc41)-c1cc(O)cc(c1)C[C@H](NC(=O)[C@H](C(C)C)N(C)C(=O)[C@@H]1OCC[C@@H]1c1ccccc1)C(=O)N1CCC[C@H](N1)C(=O)OCC(C)(C)C3[C@H](OC)c1ncc(-c3cnn(C4CN(C)C4)c3)cc1-2. The first kappa shape index (κ1) is 52.1. The van der Waals surface area contributed by atoms with Crippen LogP contribution in [0.2, 0.25) is 0 Å². The van der Waals surface area contributed by atoms with Gasteiger partial charge in [-0.25, -0.2) is 5.43 Å². The average Bonchev–Trinajstić information content (AvgIpc) is 4.40. The molecule has 3 aromatic heterocycles. The fraction of sp³-hybridized carbons (Fsp3) is 0.467. The molecule has 5 aliphatic rings. The minimum Gasteiger partial charge on any atom is -0.508 e. The lowest BCUT2D eigenvalue weighted by molar-refractivity contribution is -0.156. The molecular weight excluding hydrogens is 975 g/mol. The van der Waals surface area contributed by atoms with Gasteiger partial charge in [-0.15, -0.1) is 0 Å². The third-order valence-electron chi connectivity index (χ3n) is 16.8. The number of pyridine rings is 1. The van der Waals surface area contributed by atoms with Crippen LogP contribution in [0.15, 0.2) is 91.4 Å². The highest BCUT2D eigenvalue weighted by Gasteiger charge is 2.48. The van der Waals surface area contributed by atoms with Crippen molar-refractivity contribution in [2.75, 3.05) is 54.1 Å².